The molecule has 0 atom stereocenters. The fourth-order valence-electron chi connectivity index (χ4n) is 3.49. The molecule has 1 heterocycles. The molecule has 1 aliphatic carbocycles. The molecule has 158 valence electrons. The molecule has 2 aliphatic rings. The minimum atomic E-state index is -3.89. The number of carbonyl (C=O) groups is 2. The van der Waals surface area contributed by atoms with Crippen molar-refractivity contribution in [3.8, 4) is 0 Å². The van der Waals surface area contributed by atoms with E-state index in [0.29, 0.717) is 13.0 Å². The van der Waals surface area contributed by atoms with Crippen LogP contribution in [0.1, 0.15) is 35.7 Å². The van der Waals surface area contributed by atoms with E-state index in [1.54, 1.807) is 24.0 Å². The number of benzene rings is 2. The van der Waals surface area contributed by atoms with Crippen LogP contribution in [0.5, 0.6) is 0 Å². The molecule has 1 saturated carbocycles. The summed E-state index contributed by atoms with van der Waals surface area (Å²) in [6.07, 6.45) is 2.47. The minimum Gasteiger partial charge on any atom is -0.462 e. The van der Waals surface area contributed by atoms with Gasteiger partial charge in [-0.15, -0.1) is 0 Å². The topological polar surface area (TPSA) is 92.8 Å². The highest BCUT2D eigenvalue weighted by Gasteiger charge is 2.36. The van der Waals surface area contributed by atoms with Crippen molar-refractivity contribution in [1.29, 1.82) is 0 Å². The summed E-state index contributed by atoms with van der Waals surface area (Å²) in [4.78, 5) is 26.2. The smallest absolute Gasteiger partial charge is 0.339 e. The van der Waals surface area contributed by atoms with E-state index in [2.05, 4.69) is 4.72 Å². The molecule has 2 aromatic carbocycles. The summed E-state index contributed by atoms with van der Waals surface area (Å²) < 4.78 is 33.2. The van der Waals surface area contributed by atoms with Crippen LogP contribution in [0.4, 0.5) is 11.4 Å². The monoisotopic (exact) mass is 448 g/mol. The van der Waals surface area contributed by atoms with Gasteiger partial charge >= 0.3 is 5.97 Å². The van der Waals surface area contributed by atoms with Crippen LogP contribution in [0, 0.1) is 5.92 Å². The van der Waals surface area contributed by atoms with Crippen LogP contribution in [0.2, 0.25) is 5.02 Å². The highest BCUT2D eigenvalue weighted by Crippen LogP contribution is 2.37. The Morgan fingerprint density at radius 2 is 1.97 bits per heavy atom. The summed E-state index contributed by atoms with van der Waals surface area (Å²) in [5.41, 5.74) is 1.90. The van der Waals surface area contributed by atoms with E-state index in [1.165, 1.54) is 24.3 Å². The number of halogens is 1. The van der Waals surface area contributed by atoms with Crippen molar-refractivity contribution in [2.45, 2.75) is 31.1 Å². The van der Waals surface area contributed by atoms with Crippen LogP contribution in [-0.2, 0) is 26.0 Å². The Balaban J connectivity index is 1.57. The molecule has 4 rings (SSSR count). The zero-order valence-corrected chi connectivity index (χ0v) is 17.9. The normalized spacial score (nSPS) is 15.6. The van der Waals surface area contributed by atoms with Gasteiger partial charge in [0.15, 0.2) is 0 Å². The largest absolute Gasteiger partial charge is 0.462 e. The molecule has 0 aromatic heterocycles. The Kier molecular flexibility index (Phi) is 5.46. The number of anilines is 2. The van der Waals surface area contributed by atoms with Crippen molar-refractivity contribution in [3.63, 3.8) is 0 Å². The van der Waals surface area contributed by atoms with Gasteiger partial charge in [-0.2, -0.15) is 0 Å². The third kappa shape index (κ3) is 4.02. The maximum absolute atomic E-state index is 12.9. The maximum atomic E-state index is 12.9. The zero-order valence-electron chi connectivity index (χ0n) is 16.4. The van der Waals surface area contributed by atoms with E-state index in [-0.39, 0.29) is 39.6 Å². The fourth-order valence-corrected chi connectivity index (χ4v) is 4.79. The first-order valence-corrected chi connectivity index (χ1v) is 11.6. The van der Waals surface area contributed by atoms with Crippen molar-refractivity contribution < 1.29 is 22.7 Å². The number of hydrogen-bond acceptors (Lipinski definition) is 5. The van der Waals surface area contributed by atoms with Gasteiger partial charge in [0.2, 0.25) is 5.91 Å². The molecular formula is C21H21ClN2O5S. The third-order valence-corrected chi connectivity index (χ3v) is 6.87. The van der Waals surface area contributed by atoms with E-state index in [4.69, 9.17) is 16.3 Å². The Hall–Kier alpha value is -2.58. The molecule has 1 N–H and O–H groups in total. The molecule has 7 nitrogen and oxygen atoms in total. The van der Waals surface area contributed by atoms with Crippen LogP contribution in [0.3, 0.4) is 0 Å². The molecule has 0 saturated heterocycles. The van der Waals surface area contributed by atoms with Crippen molar-refractivity contribution in [1.82, 2.24) is 0 Å². The Labute approximate surface area is 180 Å². The van der Waals surface area contributed by atoms with E-state index in [9.17, 15) is 18.0 Å². The first-order chi connectivity index (χ1) is 14.3. The van der Waals surface area contributed by atoms with Crippen LogP contribution in [0.25, 0.3) is 0 Å². The first-order valence-electron chi connectivity index (χ1n) is 9.74. The van der Waals surface area contributed by atoms with Gasteiger partial charge in [0.25, 0.3) is 10.0 Å². The lowest BCUT2D eigenvalue weighted by molar-refractivity contribution is -0.119. The lowest BCUT2D eigenvalue weighted by Gasteiger charge is -2.17. The number of fused-ring (bicyclic) bond motifs is 1. The van der Waals surface area contributed by atoms with Gasteiger partial charge in [0, 0.05) is 23.8 Å². The van der Waals surface area contributed by atoms with Gasteiger partial charge in [-0.3, -0.25) is 9.52 Å². The number of hydrogen-bond donors (Lipinski definition) is 1. The van der Waals surface area contributed by atoms with Gasteiger partial charge in [-0.25, -0.2) is 13.2 Å². The molecule has 1 fully saturated rings. The predicted octanol–water partition coefficient (Wildman–Crippen LogP) is 3.62. The average Bonchev–Trinajstić information content (AvgIpc) is 3.47. The average molecular weight is 449 g/mol. The number of carbonyl (C=O) groups excluding carboxylic acids is 2. The van der Waals surface area contributed by atoms with Crippen LogP contribution >= 0.6 is 11.6 Å². The van der Waals surface area contributed by atoms with Gasteiger partial charge in [0.1, 0.15) is 0 Å². The third-order valence-electron chi connectivity index (χ3n) is 5.16. The van der Waals surface area contributed by atoms with Crippen molar-refractivity contribution in [2.75, 3.05) is 22.8 Å². The second-order valence-electron chi connectivity index (χ2n) is 7.33. The summed E-state index contributed by atoms with van der Waals surface area (Å²) in [7, 11) is -3.89. The number of ether oxygens (including phenoxy) is 1. The molecule has 0 radical (unpaired) electrons. The van der Waals surface area contributed by atoms with Gasteiger partial charge in [0.05, 0.1) is 22.1 Å². The van der Waals surface area contributed by atoms with Crippen LogP contribution in [-0.4, -0.2) is 33.4 Å². The van der Waals surface area contributed by atoms with Crippen LogP contribution in [0.15, 0.2) is 41.3 Å². The Bertz CT molecular complexity index is 1130. The number of rotatable bonds is 6. The van der Waals surface area contributed by atoms with E-state index in [1.807, 2.05) is 0 Å². The molecule has 30 heavy (non-hydrogen) atoms. The van der Waals surface area contributed by atoms with E-state index in [0.717, 1.165) is 24.1 Å². The highest BCUT2D eigenvalue weighted by molar-refractivity contribution is 7.92. The Morgan fingerprint density at radius 1 is 1.20 bits per heavy atom. The Morgan fingerprint density at radius 3 is 2.67 bits per heavy atom. The number of sulfonamides is 1. The summed E-state index contributed by atoms with van der Waals surface area (Å²) >= 11 is 6.03. The number of nitrogens with one attached hydrogen (secondary N) is 1. The quantitative estimate of drug-likeness (QED) is 0.681. The molecule has 1 aliphatic heterocycles. The fraction of sp³-hybridized carbons (Fsp3) is 0.333. The van der Waals surface area contributed by atoms with E-state index >= 15 is 0 Å². The second-order valence-corrected chi connectivity index (χ2v) is 9.41. The number of amides is 1. The summed E-state index contributed by atoms with van der Waals surface area (Å²) in [5.74, 6) is -0.392. The molecule has 2 aromatic rings. The van der Waals surface area contributed by atoms with Gasteiger partial charge in [-0.1, -0.05) is 11.6 Å². The SMILES string of the molecule is CCOC(=O)c1cc(NS(=O)(=O)c2ccc3c(c2)CCN3C(=O)C2CC2)ccc1Cl. The van der Waals surface area contributed by atoms with Crippen molar-refractivity contribution in [2.24, 2.45) is 5.92 Å². The zero-order chi connectivity index (χ0) is 21.5. The molecular weight excluding hydrogens is 428 g/mol. The van der Waals surface area contributed by atoms with Gasteiger partial charge < -0.3 is 9.64 Å². The van der Waals surface area contributed by atoms with E-state index < -0.39 is 16.0 Å². The summed E-state index contributed by atoms with van der Waals surface area (Å²) in [6, 6.07) is 9.04. The first kappa shape index (κ1) is 20.7. The maximum Gasteiger partial charge on any atom is 0.339 e. The van der Waals surface area contributed by atoms with Crippen molar-refractivity contribution in [3.05, 3.63) is 52.5 Å². The molecule has 0 unspecified atom stereocenters. The lowest BCUT2D eigenvalue weighted by Crippen LogP contribution is -2.30. The predicted molar refractivity (Wildman–Crippen MR) is 113 cm³/mol. The highest BCUT2D eigenvalue weighted by atomic mass is 35.5. The molecule has 0 bridgehead atoms. The summed E-state index contributed by atoms with van der Waals surface area (Å²) in [5, 5.41) is 0.175. The standard InChI is InChI=1S/C21H21ClN2O5S/c1-2-29-21(26)17-12-15(5-7-18(17)22)23-30(27,28)16-6-8-19-14(11-16)9-10-24(19)20(25)13-3-4-13/h5-8,11-13,23H,2-4,9-10H2,1H3. The van der Waals surface area contributed by atoms with Gasteiger partial charge in [-0.05, 0) is 68.1 Å². The molecule has 1 amide bonds. The molecule has 9 heteroatoms. The second kappa shape index (κ2) is 7.92. The minimum absolute atomic E-state index is 0.0851. The molecule has 0 spiro atoms. The lowest BCUT2D eigenvalue weighted by atomic mass is 10.2. The number of nitrogens with zero attached hydrogens (tertiary/aromatic N) is 1. The van der Waals surface area contributed by atoms with Crippen molar-refractivity contribution >= 4 is 44.9 Å². The summed E-state index contributed by atoms with van der Waals surface area (Å²) in [6.45, 7) is 2.42. The number of esters is 1. The van der Waals surface area contributed by atoms with Crippen LogP contribution < -0.4 is 9.62 Å².